The molecule has 0 aliphatic carbocycles. The molecule has 0 radical (unpaired) electrons. The average Bonchev–Trinajstić information content (AvgIpc) is 2.69. The van der Waals surface area contributed by atoms with Gasteiger partial charge in [0.1, 0.15) is 18.0 Å². The van der Waals surface area contributed by atoms with E-state index in [4.69, 9.17) is 14.2 Å². The lowest BCUT2D eigenvalue weighted by atomic mass is 10.2. The molecular formula is C19H19IN2O6. The Morgan fingerprint density at radius 1 is 1.00 bits per heavy atom. The van der Waals surface area contributed by atoms with Crippen LogP contribution < -0.4 is 20.1 Å². The summed E-state index contributed by atoms with van der Waals surface area (Å²) in [7, 11) is 2.93. The molecule has 2 aromatic rings. The van der Waals surface area contributed by atoms with E-state index in [9.17, 15) is 14.4 Å². The molecule has 0 aromatic heterocycles. The molecule has 0 aliphatic heterocycles. The first-order valence-corrected chi connectivity index (χ1v) is 9.21. The molecular weight excluding hydrogens is 479 g/mol. The number of carbonyl (C=O) groups is 3. The van der Waals surface area contributed by atoms with Gasteiger partial charge in [-0.15, -0.1) is 0 Å². The van der Waals surface area contributed by atoms with Gasteiger partial charge in [-0.3, -0.25) is 14.4 Å². The van der Waals surface area contributed by atoms with Crippen molar-refractivity contribution in [2.24, 2.45) is 0 Å². The van der Waals surface area contributed by atoms with Crippen molar-refractivity contribution in [2.45, 2.75) is 0 Å². The van der Waals surface area contributed by atoms with E-state index in [0.717, 1.165) is 3.57 Å². The van der Waals surface area contributed by atoms with E-state index in [1.165, 1.54) is 26.4 Å². The van der Waals surface area contributed by atoms with Crippen LogP contribution in [0.15, 0.2) is 42.5 Å². The normalized spacial score (nSPS) is 9.96. The number of hydrogen-bond donors (Lipinski definition) is 2. The fourth-order valence-electron chi connectivity index (χ4n) is 2.15. The lowest BCUT2D eigenvalue weighted by Gasteiger charge is -2.10. The quantitative estimate of drug-likeness (QED) is 0.428. The number of nitrogens with one attached hydrogen (secondary N) is 2. The molecule has 0 spiro atoms. The van der Waals surface area contributed by atoms with Gasteiger partial charge in [-0.25, -0.2) is 0 Å². The Hall–Kier alpha value is -2.82. The van der Waals surface area contributed by atoms with Crippen LogP contribution >= 0.6 is 22.6 Å². The molecule has 0 atom stereocenters. The molecule has 0 saturated carbocycles. The van der Waals surface area contributed by atoms with Crippen molar-refractivity contribution in [3.8, 4) is 11.5 Å². The zero-order valence-corrected chi connectivity index (χ0v) is 17.4. The van der Waals surface area contributed by atoms with Crippen molar-refractivity contribution in [1.29, 1.82) is 0 Å². The maximum Gasteiger partial charge on any atom is 0.325 e. The van der Waals surface area contributed by atoms with Crippen molar-refractivity contribution >= 4 is 46.1 Å². The first-order chi connectivity index (χ1) is 13.4. The number of halogens is 1. The lowest BCUT2D eigenvalue weighted by molar-refractivity contribution is -0.146. The highest BCUT2D eigenvalue weighted by molar-refractivity contribution is 14.1. The number of ether oxygens (including phenoxy) is 3. The second-order valence-electron chi connectivity index (χ2n) is 5.50. The molecule has 0 bridgehead atoms. The van der Waals surface area contributed by atoms with Crippen LogP contribution in [0.1, 0.15) is 10.4 Å². The summed E-state index contributed by atoms with van der Waals surface area (Å²) in [5.41, 5.74) is 0.869. The molecule has 2 aromatic carbocycles. The van der Waals surface area contributed by atoms with Gasteiger partial charge in [0.05, 0.1) is 14.2 Å². The highest BCUT2D eigenvalue weighted by Crippen LogP contribution is 2.22. The second-order valence-corrected chi connectivity index (χ2v) is 6.75. The number of methoxy groups -OCH3 is 2. The Balaban J connectivity index is 1.80. The summed E-state index contributed by atoms with van der Waals surface area (Å²) < 4.78 is 16.0. The summed E-state index contributed by atoms with van der Waals surface area (Å²) in [6.45, 7) is -0.831. The molecule has 0 aliphatic rings. The van der Waals surface area contributed by atoms with Gasteiger partial charge < -0.3 is 24.8 Å². The van der Waals surface area contributed by atoms with Crippen LogP contribution in [0.25, 0.3) is 0 Å². The smallest absolute Gasteiger partial charge is 0.325 e. The zero-order valence-electron chi connectivity index (χ0n) is 15.3. The molecule has 28 heavy (non-hydrogen) atoms. The van der Waals surface area contributed by atoms with Gasteiger partial charge in [0.2, 0.25) is 0 Å². The van der Waals surface area contributed by atoms with Crippen LogP contribution in [-0.4, -0.2) is 45.2 Å². The van der Waals surface area contributed by atoms with Gasteiger partial charge in [0.15, 0.2) is 6.61 Å². The summed E-state index contributed by atoms with van der Waals surface area (Å²) in [5.74, 6) is -0.823. The van der Waals surface area contributed by atoms with Crippen molar-refractivity contribution in [2.75, 3.05) is 32.7 Å². The van der Waals surface area contributed by atoms with Gasteiger partial charge in [0.25, 0.3) is 11.8 Å². The molecule has 2 rings (SSSR count). The minimum Gasteiger partial charge on any atom is -0.497 e. The Morgan fingerprint density at radius 2 is 1.68 bits per heavy atom. The fourth-order valence-corrected chi connectivity index (χ4v) is 2.70. The Labute approximate surface area is 175 Å². The van der Waals surface area contributed by atoms with Crippen LogP contribution in [0.4, 0.5) is 5.69 Å². The highest BCUT2D eigenvalue weighted by atomic mass is 127. The van der Waals surface area contributed by atoms with Crippen LogP contribution in [-0.2, 0) is 14.3 Å². The zero-order chi connectivity index (χ0) is 20.5. The highest BCUT2D eigenvalue weighted by Gasteiger charge is 2.13. The van der Waals surface area contributed by atoms with Crippen LogP contribution in [0.5, 0.6) is 11.5 Å². The Kier molecular flexibility index (Phi) is 8.05. The van der Waals surface area contributed by atoms with Gasteiger partial charge in [-0.05, 0) is 52.9 Å². The van der Waals surface area contributed by atoms with E-state index in [2.05, 4.69) is 33.2 Å². The molecule has 9 heteroatoms. The van der Waals surface area contributed by atoms with Gasteiger partial charge in [-0.2, -0.15) is 0 Å². The summed E-state index contributed by atoms with van der Waals surface area (Å²) in [4.78, 5) is 35.8. The number of amides is 2. The standard InChI is InChI=1S/C19H19IN2O6/c1-26-15-6-12(7-16(9-15)27-2)19(25)21-10-18(24)28-11-17(23)22-14-5-3-4-13(20)8-14/h3-9H,10-11H2,1-2H3,(H,21,25)(H,22,23). The van der Waals surface area contributed by atoms with Gasteiger partial charge in [0, 0.05) is 20.9 Å². The number of benzene rings is 2. The van der Waals surface area contributed by atoms with Crippen LogP contribution in [0, 0.1) is 3.57 Å². The summed E-state index contributed by atoms with van der Waals surface area (Å²) in [6.07, 6.45) is 0. The maximum absolute atomic E-state index is 12.2. The summed E-state index contributed by atoms with van der Waals surface area (Å²) >= 11 is 2.12. The molecule has 2 amide bonds. The monoisotopic (exact) mass is 498 g/mol. The fraction of sp³-hybridized carbons (Fsp3) is 0.211. The molecule has 8 nitrogen and oxygen atoms in total. The molecule has 0 unspecified atom stereocenters. The number of hydrogen-bond acceptors (Lipinski definition) is 6. The van der Waals surface area contributed by atoms with E-state index >= 15 is 0 Å². The van der Waals surface area contributed by atoms with E-state index in [1.807, 2.05) is 6.07 Å². The van der Waals surface area contributed by atoms with Gasteiger partial charge in [-0.1, -0.05) is 6.07 Å². The molecule has 0 heterocycles. The minimum absolute atomic E-state index is 0.264. The Morgan fingerprint density at radius 3 is 2.29 bits per heavy atom. The lowest BCUT2D eigenvalue weighted by Crippen LogP contribution is -2.32. The SMILES string of the molecule is COc1cc(OC)cc(C(=O)NCC(=O)OCC(=O)Nc2cccc(I)c2)c1. The second kappa shape index (κ2) is 10.5. The van der Waals surface area contributed by atoms with Crippen LogP contribution in [0.3, 0.4) is 0 Å². The first kappa shape index (κ1) is 21.5. The van der Waals surface area contributed by atoms with Crippen LogP contribution in [0.2, 0.25) is 0 Å². The summed E-state index contributed by atoms with van der Waals surface area (Å²) in [6, 6.07) is 11.8. The number of carbonyl (C=O) groups excluding carboxylic acids is 3. The predicted octanol–water partition coefficient (Wildman–Crippen LogP) is 2.22. The first-order valence-electron chi connectivity index (χ1n) is 8.13. The summed E-state index contributed by atoms with van der Waals surface area (Å²) in [5, 5.41) is 5.04. The number of esters is 1. The van der Waals surface area contributed by atoms with E-state index in [1.54, 1.807) is 24.3 Å². The molecule has 148 valence electrons. The minimum atomic E-state index is -0.735. The van der Waals surface area contributed by atoms with E-state index in [-0.39, 0.29) is 12.1 Å². The van der Waals surface area contributed by atoms with Crippen molar-refractivity contribution in [3.63, 3.8) is 0 Å². The number of rotatable bonds is 8. The number of anilines is 1. The third-order valence-electron chi connectivity index (χ3n) is 3.48. The Bertz CT molecular complexity index is 849. The van der Waals surface area contributed by atoms with E-state index in [0.29, 0.717) is 17.2 Å². The van der Waals surface area contributed by atoms with Gasteiger partial charge >= 0.3 is 5.97 Å². The largest absolute Gasteiger partial charge is 0.497 e. The van der Waals surface area contributed by atoms with Crippen molar-refractivity contribution in [1.82, 2.24) is 5.32 Å². The predicted molar refractivity (Wildman–Crippen MR) is 111 cm³/mol. The van der Waals surface area contributed by atoms with Crippen molar-refractivity contribution in [3.05, 3.63) is 51.6 Å². The molecule has 0 fully saturated rings. The average molecular weight is 498 g/mol. The molecule has 0 saturated heterocycles. The molecule has 2 N–H and O–H groups in total. The topological polar surface area (TPSA) is 103 Å². The third kappa shape index (κ3) is 6.72. The van der Waals surface area contributed by atoms with Crippen molar-refractivity contribution < 1.29 is 28.6 Å². The van der Waals surface area contributed by atoms with E-state index < -0.39 is 24.4 Å². The third-order valence-corrected chi connectivity index (χ3v) is 4.15. The maximum atomic E-state index is 12.2.